The third-order valence-electron chi connectivity index (χ3n) is 3.34. The lowest BCUT2D eigenvalue weighted by molar-refractivity contribution is -0.137. The minimum absolute atomic E-state index is 0.591. The van der Waals surface area contributed by atoms with Gasteiger partial charge in [0.1, 0.15) is 5.01 Å². The van der Waals surface area contributed by atoms with Crippen molar-refractivity contribution in [2.75, 3.05) is 11.9 Å². The summed E-state index contributed by atoms with van der Waals surface area (Å²) in [5, 5.41) is 13.2. The first kappa shape index (κ1) is 14.3. The molecule has 0 unspecified atom stereocenters. The number of halogens is 3. The van der Waals surface area contributed by atoms with Crippen LogP contribution in [-0.4, -0.2) is 16.7 Å². The second kappa shape index (κ2) is 5.63. The Labute approximate surface area is 124 Å². The molecule has 1 fully saturated rings. The van der Waals surface area contributed by atoms with Crippen molar-refractivity contribution in [3.8, 4) is 0 Å². The molecule has 1 aromatic heterocycles. The average Bonchev–Trinajstić information content (AvgIpc) is 3.19. The predicted octanol–water partition coefficient (Wildman–Crippen LogP) is 4.09. The molecule has 1 heterocycles. The molecule has 0 spiro atoms. The average molecular weight is 313 g/mol. The van der Waals surface area contributed by atoms with Crippen molar-refractivity contribution in [3.05, 3.63) is 40.4 Å². The highest BCUT2D eigenvalue weighted by molar-refractivity contribution is 7.15. The van der Waals surface area contributed by atoms with E-state index in [0.29, 0.717) is 18.9 Å². The van der Waals surface area contributed by atoms with E-state index >= 15 is 0 Å². The number of aromatic nitrogens is 2. The molecule has 2 aromatic rings. The van der Waals surface area contributed by atoms with Crippen molar-refractivity contribution < 1.29 is 13.2 Å². The van der Waals surface area contributed by atoms with Crippen LogP contribution in [0, 0.1) is 0 Å². The summed E-state index contributed by atoms with van der Waals surface area (Å²) in [5.41, 5.74) is 0.250. The van der Waals surface area contributed by atoms with Crippen LogP contribution in [0.1, 0.15) is 34.9 Å². The summed E-state index contributed by atoms with van der Waals surface area (Å²) in [6.45, 7) is 0.630. The lowest BCUT2D eigenvalue weighted by Gasteiger charge is -2.07. The maximum atomic E-state index is 12.4. The van der Waals surface area contributed by atoms with E-state index in [4.69, 9.17) is 0 Å². The summed E-state index contributed by atoms with van der Waals surface area (Å²) in [5.74, 6) is 0.591. The van der Waals surface area contributed by atoms with Crippen LogP contribution in [0.5, 0.6) is 0 Å². The number of benzene rings is 1. The molecule has 3 rings (SSSR count). The quantitative estimate of drug-likeness (QED) is 0.903. The van der Waals surface area contributed by atoms with Gasteiger partial charge < -0.3 is 5.32 Å². The Morgan fingerprint density at radius 1 is 1.14 bits per heavy atom. The van der Waals surface area contributed by atoms with E-state index in [2.05, 4.69) is 15.5 Å². The lowest BCUT2D eigenvalue weighted by Crippen LogP contribution is -2.07. The molecule has 1 aliphatic carbocycles. The van der Waals surface area contributed by atoms with Gasteiger partial charge in [-0.05, 0) is 37.0 Å². The Bertz CT molecular complexity index is 603. The number of anilines is 1. The molecule has 0 aliphatic heterocycles. The van der Waals surface area contributed by atoms with E-state index in [1.807, 2.05) is 0 Å². The van der Waals surface area contributed by atoms with Crippen LogP contribution in [0.3, 0.4) is 0 Å². The van der Waals surface area contributed by atoms with Gasteiger partial charge in [0.15, 0.2) is 0 Å². The van der Waals surface area contributed by atoms with Gasteiger partial charge in [-0.2, -0.15) is 13.2 Å². The maximum Gasteiger partial charge on any atom is 0.416 e. The first-order valence-corrected chi connectivity index (χ1v) is 7.57. The van der Waals surface area contributed by atoms with Crippen molar-refractivity contribution in [1.29, 1.82) is 0 Å². The van der Waals surface area contributed by atoms with Gasteiger partial charge >= 0.3 is 6.18 Å². The summed E-state index contributed by atoms with van der Waals surface area (Å²) in [4.78, 5) is 0. The monoisotopic (exact) mass is 313 g/mol. The van der Waals surface area contributed by atoms with E-state index in [0.717, 1.165) is 27.8 Å². The Balaban J connectivity index is 1.50. The lowest BCUT2D eigenvalue weighted by atomic mass is 10.1. The number of alkyl halides is 3. The maximum absolute atomic E-state index is 12.4. The second-order valence-corrected chi connectivity index (χ2v) is 6.10. The Hall–Kier alpha value is -1.63. The number of hydrogen-bond donors (Lipinski definition) is 1. The van der Waals surface area contributed by atoms with Gasteiger partial charge in [-0.1, -0.05) is 23.5 Å². The molecule has 1 aromatic carbocycles. The van der Waals surface area contributed by atoms with Gasteiger partial charge in [-0.25, -0.2) is 0 Å². The van der Waals surface area contributed by atoms with Gasteiger partial charge in [-0.3, -0.25) is 0 Å². The molecule has 21 heavy (non-hydrogen) atoms. The van der Waals surface area contributed by atoms with Crippen LogP contribution >= 0.6 is 11.3 Å². The minimum atomic E-state index is -4.28. The number of hydrogen-bond acceptors (Lipinski definition) is 4. The van der Waals surface area contributed by atoms with Crippen molar-refractivity contribution in [2.24, 2.45) is 0 Å². The Morgan fingerprint density at radius 2 is 1.86 bits per heavy atom. The first-order chi connectivity index (χ1) is 10.0. The predicted molar refractivity (Wildman–Crippen MR) is 75.5 cm³/mol. The smallest absolute Gasteiger partial charge is 0.360 e. The molecule has 0 amide bonds. The molecule has 1 N–H and O–H groups in total. The van der Waals surface area contributed by atoms with E-state index in [1.54, 1.807) is 11.3 Å². The summed E-state index contributed by atoms with van der Waals surface area (Å²) >= 11 is 1.56. The molecular weight excluding hydrogens is 299 g/mol. The molecule has 3 nitrogen and oxygen atoms in total. The Kier molecular flexibility index (Phi) is 3.84. The summed E-state index contributed by atoms with van der Waals surface area (Å²) < 4.78 is 37.3. The van der Waals surface area contributed by atoms with Crippen LogP contribution in [0.2, 0.25) is 0 Å². The summed E-state index contributed by atoms with van der Waals surface area (Å²) in [7, 11) is 0. The number of nitrogens with one attached hydrogen (secondary N) is 1. The van der Waals surface area contributed by atoms with Crippen molar-refractivity contribution in [1.82, 2.24) is 10.2 Å². The van der Waals surface area contributed by atoms with Crippen LogP contribution in [0.4, 0.5) is 18.3 Å². The summed E-state index contributed by atoms with van der Waals surface area (Å²) in [6, 6.07) is 5.26. The minimum Gasteiger partial charge on any atom is -0.360 e. The molecule has 7 heteroatoms. The van der Waals surface area contributed by atoms with E-state index in [-0.39, 0.29) is 0 Å². The highest BCUT2D eigenvalue weighted by Gasteiger charge is 2.30. The van der Waals surface area contributed by atoms with Crippen LogP contribution in [-0.2, 0) is 12.6 Å². The standard InChI is InChI=1S/C14H14F3N3S/c15-14(16,17)11-5-1-9(2-6-11)7-8-18-13-20-19-12(21-13)10-3-4-10/h1-2,5-6,10H,3-4,7-8H2,(H,18,20). The molecule has 1 saturated carbocycles. The normalized spacial score (nSPS) is 15.2. The number of rotatable bonds is 5. The molecular formula is C14H14F3N3S. The second-order valence-electron chi connectivity index (χ2n) is 5.09. The fourth-order valence-corrected chi connectivity index (χ4v) is 2.91. The van der Waals surface area contributed by atoms with Gasteiger partial charge in [0.2, 0.25) is 5.13 Å². The summed E-state index contributed by atoms with van der Waals surface area (Å²) in [6.07, 6.45) is -1.24. The van der Waals surface area contributed by atoms with Gasteiger partial charge in [0, 0.05) is 12.5 Å². The zero-order chi connectivity index (χ0) is 14.9. The van der Waals surface area contributed by atoms with E-state index in [1.165, 1.54) is 25.0 Å². The largest absolute Gasteiger partial charge is 0.416 e. The fourth-order valence-electron chi connectivity index (χ4n) is 1.98. The van der Waals surface area contributed by atoms with Crippen molar-refractivity contribution in [2.45, 2.75) is 31.4 Å². The highest BCUT2D eigenvalue weighted by atomic mass is 32.1. The zero-order valence-electron chi connectivity index (χ0n) is 11.2. The van der Waals surface area contributed by atoms with Crippen LogP contribution < -0.4 is 5.32 Å². The van der Waals surface area contributed by atoms with Crippen molar-refractivity contribution in [3.63, 3.8) is 0 Å². The molecule has 0 bridgehead atoms. The first-order valence-electron chi connectivity index (χ1n) is 6.76. The van der Waals surface area contributed by atoms with Crippen molar-refractivity contribution >= 4 is 16.5 Å². The zero-order valence-corrected chi connectivity index (χ0v) is 12.0. The SMILES string of the molecule is FC(F)(F)c1ccc(CCNc2nnc(C3CC3)s2)cc1. The third kappa shape index (κ3) is 3.72. The van der Waals surface area contributed by atoms with Crippen LogP contribution in [0.25, 0.3) is 0 Å². The Morgan fingerprint density at radius 3 is 2.48 bits per heavy atom. The van der Waals surface area contributed by atoms with E-state index < -0.39 is 11.7 Å². The third-order valence-corrected chi connectivity index (χ3v) is 4.38. The molecule has 0 atom stereocenters. The number of nitrogens with zero attached hydrogens (tertiary/aromatic N) is 2. The van der Waals surface area contributed by atoms with Gasteiger partial charge in [-0.15, -0.1) is 10.2 Å². The molecule has 0 saturated heterocycles. The topological polar surface area (TPSA) is 37.8 Å². The molecule has 112 valence electrons. The van der Waals surface area contributed by atoms with Gasteiger partial charge in [0.05, 0.1) is 5.56 Å². The fraction of sp³-hybridized carbons (Fsp3) is 0.429. The van der Waals surface area contributed by atoms with Crippen LogP contribution in [0.15, 0.2) is 24.3 Å². The van der Waals surface area contributed by atoms with Gasteiger partial charge in [0.25, 0.3) is 0 Å². The van der Waals surface area contributed by atoms with E-state index in [9.17, 15) is 13.2 Å². The highest BCUT2D eigenvalue weighted by Crippen LogP contribution is 2.42. The molecule has 0 radical (unpaired) electrons. The molecule has 1 aliphatic rings.